The van der Waals surface area contributed by atoms with Gasteiger partial charge in [-0.05, 0) is 121 Å². The van der Waals surface area contributed by atoms with Crippen molar-refractivity contribution in [3.05, 3.63) is 123 Å². The smallest absolute Gasteiger partial charge is 0.382 e. The Bertz CT molecular complexity index is 3250. The Kier molecular flexibility index (Phi) is 19.8. The molecule has 0 spiro atoms. The van der Waals surface area contributed by atoms with Crippen LogP contribution in [0.15, 0.2) is 95.4 Å². The van der Waals surface area contributed by atoms with Crippen LogP contribution in [0.25, 0.3) is 5.57 Å². The van der Waals surface area contributed by atoms with E-state index in [0.29, 0.717) is 68.5 Å². The van der Waals surface area contributed by atoms with Crippen molar-refractivity contribution in [2.24, 2.45) is 5.41 Å². The molecule has 1 aliphatic carbocycles. The number of hydrogen-bond donors (Lipinski definition) is 5. The highest BCUT2D eigenvalue weighted by Gasteiger charge is 2.49. The number of anilines is 3. The molecule has 0 aromatic heterocycles. The van der Waals surface area contributed by atoms with Gasteiger partial charge >= 0.3 is 5.51 Å². The molecule has 4 aromatic carbocycles. The van der Waals surface area contributed by atoms with Crippen molar-refractivity contribution in [1.82, 2.24) is 30.7 Å². The van der Waals surface area contributed by atoms with E-state index in [-0.39, 0.29) is 78.9 Å². The van der Waals surface area contributed by atoms with Crippen molar-refractivity contribution in [3.8, 4) is 0 Å². The molecule has 4 heterocycles. The average molecular weight is 1200 g/mol. The Morgan fingerprint density at radius 2 is 1.62 bits per heavy atom. The fourth-order valence-corrected chi connectivity index (χ4v) is 12.6. The van der Waals surface area contributed by atoms with Crippen molar-refractivity contribution in [1.29, 1.82) is 0 Å². The molecule has 3 atom stereocenters. The van der Waals surface area contributed by atoms with Gasteiger partial charge in [-0.3, -0.25) is 48.8 Å². The number of alkyl halides is 3. The average Bonchev–Trinajstić information content (AvgIpc) is 2.94. The van der Waals surface area contributed by atoms with Gasteiger partial charge in [-0.2, -0.15) is 13.2 Å². The van der Waals surface area contributed by atoms with Gasteiger partial charge in [0.15, 0.2) is 0 Å². The third kappa shape index (κ3) is 14.8. The Morgan fingerprint density at radius 1 is 0.881 bits per heavy atom. The maximum atomic E-state index is 14.0. The number of fused-ring (bicyclic) bond motifs is 1. The number of imide groups is 2. The van der Waals surface area contributed by atoms with E-state index in [2.05, 4.69) is 48.2 Å². The van der Waals surface area contributed by atoms with E-state index >= 15 is 0 Å². The molecule has 450 valence electrons. The minimum absolute atomic E-state index is 0.0165. The van der Waals surface area contributed by atoms with Crippen molar-refractivity contribution in [2.75, 3.05) is 107 Å². The van der Waals surface area contributed by atoms with E-state index < -0.39 is 55.8 Å². The predicted octanol–water partition coefficient (Wildman–Crippen LogP) is 6.89. The van der Waals surface area contributed by atoms with Crippen molar-refractivity contribution < 1.29 is 59.8 Å². The molecular weight excluding hydrogens is 1130 g/mol. The SMILES string of the molecule is CC[C@@H](CCN1CCOCC1)Nc1ccc(CNC(=O)c2ccc(N3CCN(CC4=C(c5ccc(Cl)cc5)CCC(C)(CNC(=O)COCCNc5cccc6c5C(=O)N(C5CCC(=O)NC5=O)C6=O)C4)CC3)cc2)cc1S(=O)(=O)C(F)(F)F. The standard InChI is InChI=1S/C60H71ClF3N9O10S/c1-3-44(20-23-70-28-31-82-32-29-70)68-48-16-7-39(33-51(48)84(80,81)60(62,63)64)35-66-55(76)41-10-14-45(15-11-41)72-26-24-71(25-27-72)36-42-34-59(2,21-19-46(42)40-8-12-43(61)13-9-40)38-67-53(75)37-83-30-22-65-49-6-4-5-47-54(49)58(79)73(57(47)78)50-17-18-52(74)69-56(50)77/h4-16,33,44,50,65,68H,3,17-32,34-38H2,1-2H3,(H,66,76)(H,67,75)(H,69,74,77)/t44-,50?,59?/m0/s1. The van der Waals surface area contributed by atoms with E-state index in [4.69, 9.17) is 21.1 Å². The number of piperazine rings is 1. The van der Waals surface area contributed by atoms with Gasteiger partial charge in [0.25, 0.3) is 27.6 Å². The molecule has 19 nitrogen and oxygen atoms in total. The summed E-state index contributed by atoms with van der Waals surface area (Å²) in [6.07, 6.45) is 3.59. The van der Waals surface area contributed by atoms with Crippen LogP contribution in [-0.4, -0.2) is 168 Å². The second-order valence-electron chi connectivity index (χ2n) is 22.3. The highest BCUT2D eigenvalue weighted by molar-refractivity contribution is 7.92. The van der Waals surface area contributed by atoms with Crippen molar-refractivity contribution >= 4 is 79.5 Å². The highest BCUT2D eigenvalue weighted by atomic mass is 35.5. The minimum Gasteiger partial charge on any atom is -0.382 e. The minimum atomic E-state index is -5.73. The fraction of sp³-hybridized carbons (Fsp3) is 0.467. The summed E-state index contributed by atoms with van der Waals surface area (Å²) in [7, 11) is -5.73. The summed E-state index contributed by atoms with van der Waals surface area (Å²) in [5.41, 5.74) is -0.153. The number of carbonyl (C=O) groups is 6. The number of benzene rings is 4. The number of halogens is 4. The topological polar surface area (TPSA) is 228 Å². The number of nitrogens with one attached hydrogen (secondary N) is 5. The van der Waals surface area contributed by atoms with Crippen LogP contribution in [-0.2, 0) is 40.2 Å². The van der Waals surface area contributed by atoms with Crippen LogP contribution < -0.4 is 31.5 Å². The molecule has 2 unspecified atom stereocenters. The lowest BCUT2D eigenvalue weighted by atomic mass is 9.71. The molecule has 9 rings (SSSR count). The number of sulfone groups is 1. The Hall–Kier alpha value is -6.89. The lowest BCUT2D eigenvalue weighted by Gasteiger charge is -2.41. The van der Waals surface area contributed by atoms with Crippen molar-refractivity contribution in [3.63, 3.8) is 0 Å². The zero-order valence-electron chi connectivity index (χ0n) is 47.1. The third-order valence-corrected chi connectivity index (χ3v) is 18.1. The lowest BCUT2D eigenvalue weighted by molar-refractivity contribution is -0.136. The van der Waals surface area contributed by atoms with Gasteiger partial charge in [0.2, 0.25) is 17.7 Å². The quantitative estimate of drug-likeness (QED) is 0.0377. The van der Waals surface area contributed by atoms with Gasteiger partial charge in [0.1, 0.15) is 12.6 Å². The van der Waals surface area contributed by atoms with E-state index in [0.717, 1.165) is 74.2 Å². The van der Waals surface area contributed by atoms with E-state index in [1.54, 1.807) is 24.3 Å². The number of ether oxygens (including phenoxy) is 2. The summed E-state index contributed by atoms with van der Waals surface area (Å²) in [4.78, 5) is 84.4. The van der Waals surface area contributed by atoms with Crippen LogP contribution in [0.5, 0.6) is 0 Å². The number of amides is 6. The zero-order valence-corrected chi connectivity index (χ0v) is 48.7. The lowest BCUT2D eigenvalue weighted by Crippen LogP contribution is -2.54. The molecule has 84 heavy (non-hydrogen) atoms. The van der Waals surface area contributed by atoms with Crippen LogP contribution in [0.3, 0.4) is 0 Å². The van der Waals surface area contributed by atoms with Gasteiger partial charge in [-0.25, -0.2) is 8.42 Å². The molecule has 3 fully saturated rings. The van der Waals surface area contributed by atoms with Crippen LogP contribution in [0, 0.1) is 5.41 Å². The molecular formula is C60H71ClF3N9O10S. The van der Waals surface area contributed by atoms with Crippen LogP contribution in [0.2, 0.25) is 5.02 Å². The van der Waals surface area contributed by atoms with E-state index in [1.807, 2.05) is 43.3 Å². The van der Waals surface area contributed by atoms with Gasteiger partial charge in [-0.15, -0.1) is 0 Å². The first-order valence-electron chi connectivity index (χ1n) is 28.5. The summed E-state index contributed by atoms with van der Waals surface area (Å²) in [6.45, 7) is 11.5. The second kappa shape index (κ2) is 27.0. The van der Waals surface area contributed by atoms with Crippen LogP contribution >= 0.6 is 11.6 Å². The number of allylic oxidation sites excluding steroid dienone is 1. The number of piperidine rings is 1. The fourth-order valence-electron chi connectivity index (χ4n) is 11.5. The summed E-state index contributed by atoms with van der Waals surface area (Å²) in [5, 5.41) is 14.8. The Balaban J connectivity index is 0.745. The summed E-state index contributed by atoms with van der Waals surface area (Å²) < 4.78 is 78.9. The molecule has 5 N–H and O–H groups in total. The van der Waals surface area contributed by atoms with Crippen molar-refractivity contribution in [2.45, 2.75) is 87.8 Å². The molecule has 0 radical (unpaired) electrons. The monoisotopic (exact) mass is 1200 g/mol. The van der Waals surface area contributed by atoms with Gasteiger partial charge in [0.05, 0.1) is 41.5 Å². The first-order valence-corrected chi connectivity index (χ1v) is 30.3. The summed E-state index contributed by atoms with van der Waals surface area (Å²) in [5.74, 6) is -3.12. The Morgan fingerprint density at radius 3 is 2.32 bits per heavy atom. The first-order chi connectivity index (χ1) is 40.2. The van der Waals surface area contributed by atoms with Gasteiger partial charge in [0, 0.05) is 106 Å². The normalized spacial score (nSPS) is 20.4. The molecule has 0 saturated carbocycles. The highest BCUT2D eigenvalue weighted by Crippen LogP contribution is 2.43. The number of hydrogen-bond acceptors (Lipinski definition) is 15. The molecule has 0 bridgehead atoms. The maximum Gasteiger partial charge on any atom is 0.501 e. The molecule has 4 aromatic rings. The van der Waals surface area contributed by atoms with Crippen LogP contribution in [0.1, 0.15) is 101 Å². The van der Waals surface area contributed by atoms with E-state index in [1.165, 1.54) is 29.3 Å². The van der Waals surface area contributed by atoms with Gasteiger partial charge < -0.3 is 35.6 Å². The molecule has 6 amide bonds. The third-order valence-electron chi connectivity index (χ3n) is 16.3. The van der Waals surface area contributed by atoms with E-state index in [9.17, 15) is 50.4 Å². The number of nitrogens with zero attached hydrogens (tertiary/aromatic N) is 4. The number of carbonyl (C=O) groups excluding carboxylic acids is 6. The van der Waals surface area contributed by atoms with Gasteiger partial charge in [-0.1, -0.05) is 55.3 Å². The molecule has 4 aliphatic heterocycles. The van der Waals surface area contributed by atoms with Crippen LogP contribution in [0.4, 0.5) is 30.2 Å². The first kappa shape index (κ1) is 61.7. The maximum absolute atomic E-state index is 14.0. The molecule has 24 heteroatoms. The number of morpholine rings is 1. The largest absolute Gasteiger partial charge is 0.501 e. The summed E-state index contributed by atoms with van der Waals surface area (Å²) in [6, 6.07) is 22.2. The second-order valence-corrected chi connectivity index (χ2v) is 24.6. The number of rotatable bonds is 23. The molecule has 5 aliphatic rings. The summed E-state index contributed by atoms with van der Waals surface area (Å²) >= 11 is 6.31. The zero-order chi connectivity index (χ0) is 59.8. The Labute approximate surface area is 491 Å². The predicted molar refractivity (Wildman–Crippen MR) is 311 cm³/mol. The molecule has 3 saturated heterocycles.